The molecule has 0 atom stereocenters. The van der Waals surface area contributed by atoms with Gasteiger partial charge in [-0.25, -0.2) is 4.70 Å². The van der Waals surface area contributed by atoms with Gasteiger partial charge in [-0.1, -0.05) is 132 Å². The third-order valence-electron chi connectivity index (χ3n) is 17.3. The first-order chi connectivity index (χ1) is 38.8. The van der Waals surface area contributed by atoms with Gasteiger partial charge in [0.25, 0.3) is 0 Å². The standard InChI is InChI=1S/C52H84N2.2C12H25.Ni/c1-9-17-25-27-35-47-41(29-19-11-3)37-45(38-42(47)30-20-12-4)51-49(33-23-15-7)50(34-24-16-8)52(54(51)53)46-39-43(31-21-13-5)48(36-28-26-18-10-2)44(40-46)32-22-14-6;2*1-3-5-7-9-11-12-10-8-6-4-2;/h37-40H,9-36H2,1-8H3;2*1,3-12H2,2H3;. The normalized spacial score (nSPS) is 12.7. The maximum absolute atomic E-state index is 12.8. The van der Waals surface area contributed by atoms with Crippen LogP contribution in [-0.4, -0.2) is 4.70 Å². The molecule has 0 saturated carbocycles. The zero-order chi connectivity index (χ0) is 57.4. The van der Waals surface area contributed by atoms with Gasteiger partial charge < -0.3 is 5.53 Å². The molecule has 458 valence electrons. The SMILES string of the molecule is CCCCCCCCCCC[CH2][Ni][CH2]CCCCCCCCCCC.CCCCCCc1c(CCCC)cc(C2=C(CCCC)C(CCCC)=C(c3cc(CCCC)c(CCCCCC)c(CCCC)c3)[N+]2=[N-])cc1CCCC. The van der Waals surface area contributed by atoms with Crippen LogP contribution in [0.1, 0.15) is 383 Å². The molecule has 0 unspecified atom stereocenters. The quantitative estimate of drug-likeness (QED) is 0.0358. The molecular weight excluding hydrogens is 1000 g/mol. The number of rotatable bonds is 52. The van der Waals surface area contributed by atoms with Crippen LogP contribution in [0, 0.1) is 0 Å². The molecule has 3 heteroatoms. The summed E-state index contributed by atoms with van der Waals surface area (Å²) in [6, 6.07) is 10.1. The van der Waals surface area contributed by atoms with Crippen LogP contribution >= 0.6 is 0 Å². The van der Waals surface area contributed by atoms with Crippen molar-refractivity contribution in [3.8, 4) is 0 Å². The Labute approximate surface area is 501 Å². The average Bonchev–Trinajstić information content (AvgIpc) is 3.92. The third-order valence-corrected chi connectivity index (χ3v) is 18.6. The Balaban J connectivity index is 0.000000716. The second-order valence-corrected chi connectivity index (χ2v) is 26.1. The van der Waals surface area contributed by atoms with Crippen LogP contribution < -0.4 is 0 Å². The Hall–Kier alpha value is -1.99. The first-order valence-corrected chi connectivity index (χ1v) is 37.0. The molecule has 1 aliphatic heterocycles. The fourth-order valence-corrected chi connectivity index (χ4v) is 13.4. The molecule has 2 aromatic carbocycles. The van der Waals surface area contributed by atoms with Crippen molar-refractivity contribution < 1.29 is 19.1 Å². The number of allylic oxidation sites excluding steroid dienone is 2. The Bertz CT molecular complexity index is 1670. The van der Waals surface area contributed by atoms with Gasteiger partial charge in [-0.05, 0) is 160 Å². The van der Waals surface area contributed by atoms with Crippen LogP contribution in [0.2, 0.25) is 10.8 Å². The van der Waals surface area contributed by atoms with E-state index in [-0.39, 0.29) is 0 Å². The number of unbranched alkanes of at least 4 members (excludes halogenated alkanes) is 30. The van der Waals surface area contributed by atoms with Crippen molar-refractivity contribution in [2.24, 2.45) is 0 Å². The molecule has 3 rings (SSSR count). The van der Waals surface area contributed by atoms with E-state index < -0.39 is 0 Å². The molecule has 79 heavy (non-hydrogen) atoms. The Kier molecular flexibility index (Phi) is 46.8. The van der Waals surface area contributed by atoms with Crippen molar-refractivity contribution in [2.45, 2.75) is 388 Å². The number of hydrogen-bond acceptors (Lipinski definition) is 0. The van der Waals surface area contributed by atoms with Gasteiger partial charge in [-0.2, -0.15) is 0 Å². The summed E-state index contributed by atoms with van der Waals surface area (Å²) in [6.07, 6.45) is 63.0. The summed E-state index contributed by atoms with van der Waals surface area (Å²) in [5, 5.41) is 2.86. The minimum absolute atomic E-state index is 1.03. The predicted molar refractivity (Wildman–Crippen MR) is 353 cm³/mol. The van der Waals surface area contributed by atoms with Gasteiger partial charge in [0.2, 0.25) is 11.4 Å². The van der Waals surface area contributed by atoms with E-state index in [1.807, 2.05) is 14.4 Å². The minimum Gasteiger partial charge on any atom is -0.493 e. The van der Waals surface area contributed by atoms with E-state index in [1.165, 1.54) is 277 Å². The van der Waals surface area contributed by atoms with Crippen molar-refractivity contribution in [2.75, 3.05) is 0 Å². The fourth-order valence-electron chi connectivity index (χ4n) is 12.2. The van der Waals surface area contributed by atoms with Crippen molar-refractivity contribution in [3.05, 3.63) is 85.5 Å². The fraction of sp³-hybridized carbons (Fsp3) is 0.789. The van der Waals surface area contributed by atoms with Gasteiger partial charge >= 0.3 is 167 Å². The van der Waals surface area contributed by atoms with Crippen LogP contribution in [0.3, 0.4) is 0 Å². The third kappa shape index (κ3) is 30.9. The molecule has 0 N–H and O–H groups in total. The molecular formula is C76H134N2Ni. The van der Waals surface area contributed by atoms with Crippen LogP contribution in [0.25, 0.3) is 16.9 Å². The Morgan fingerprint density at radius 1 is 0.266 bits per heavy atom. The zero-order valence-corrected chi connectivity index (χ0v) is 55.9. The van der Waals surface area contributed by atoms with Crippen LogP contribution in [-0.2, 0) is 53.0 Å². The molecule has 0 saturated heterocycles. The second kappa shape index (κ2) is 50.5. The maximum atomic E-state index is 12.8. The topological polar surface area (TPSA) is 25.3 Å². The van der Waals surface area contributed by atoms with Crippen molar-refractivity contribution in [1.29, 1.82) is 0 Å². The van der Waals surface area contributed by atoms with Crippen LogP contribution in [0.5, 0.6) is 0 Å². The molecule has 0 radical (unpaired) electrons. The van der Waals surface area contributed by atoms with Crippen molar-refractivity contribution >= 4 is 11.4 Å². The predicted octanol–water partition coefficient (Wildman–Crippen LogP) is 26.6. The molecule has 2 aromatic rings. The molecule has 0 amide bonds. The van der Waals surface area contributed by atoms with Crippen molar-refractivity contribution in [3.63, 3.8) is 0 Å². The Morgan fingerprint density at radius 2 is 0.494 bits per heavy atom. The Morgan fingerprint density at radius 3 is 0.759 bits per heavy atom. The van der Waals surface area contributed by atoms with Crippen LogP contribution in [0.15, 0.2) is 35.4 Å². The van der Waals surface area contributed by atoms with Crippen molar-refractivity contribution in [1.82, 2.24) is 0 Å². The summed E-state index contributed by atoms with van der Waals surface area (Å²) >= 11 is 2.03. The molecule has 0 spiro atoms. The number of hydrogen-bond donors (Lipinski definition) is 0. The minimum atomic E-state index is 1.03. The summed E-state index contributed by atoms with van der Waals surface area (Å²) in [7, 11) is 0. The van der Waals surface area contributed by atoms with Gasteiger partial charge in [0.05, 0.1) is 0 Å². The van der Waals surface area contributed by atoms with E-state index in [1.54, 1.807) is 38.1 Å². The van der Waals surface area contributed by atoms with Gasteiger partial charge in [0, 0.05) is 22.3 Å². The van der Waals surface area contributed by atoms with Gasteiger partial charge in [-0.3, -0.25) is 0 Å². The number of benzene rings is 2. The van der Waals surface area contributed by atoms with Gasteiger partial charge in [0.15, 0.2) is 0 Å². The van der Waals surface area contributed by atoms with E-state index >= 15 is 0 Å². The van der Waals surface area contributed by atoms with E-state index in [4.69, 9.17) is 0 Å². The summed E-state index contributed by atoms with van der Waals surface area (Å²) in [6.45, 7) is 23.2. The number of aryl methyl sites for hydroxylation is 4. The summed E-state index contributed by atoms with van der Waals surface area (Å²) in [5.74, 6) is 0. The van der Waals surface area contributed by atoms with Gasteiger partial charge in [0.1, 0.15) is 0 Å². The monoisotopic (exact) mass is 1130 g/mol. The van der Waals surface area contributed by atoms with Gasteiger partial charge in [-0.15, -0.1) is 0 Å². The molecule has 0 fully saturated rings. The summed E-state index contributed by atoms with van der Waals surface area (Å²) < 4.78 is 1.71. The molecule has 1 aliphatic rings. The molecule has 2 nitrogen and oxygen atoms in total. The summed E-state index contributed by atoms with van der Waals surface area (Å²) in [5.41, 5.74) is 29.8. The van der Waals surface area contributed by atoms with E-state index in [9.17, 15) is 5.53 Å². The first-order valence-electron chi connectivity index (χ1n) is 35.6. The van der Waals surface area contributed by atoms with Crippen LogP contribution in [0.4, 0.5) is 0 Å². The molecule has 1 heterocycles. The second-order valence-electron chi connectivity index (χ2n) is 24.6. The molecule has 0 aromatic heterocycles. The molecule has 0 aliphatic carbocycles. The average molecular weight is 1130 g/mol. The summed E-state index contributed by atoms with van der Waals surface area (Å²) in [4.78, 5) is 0. The van der Waals surface area contributed by atoms with E-state index in [2.05, 4.69) is 93.5 Å². The smallest absolute Gasteiger partial charge is 0.493 e. The molecule has 0 bridgehead atoms. The van der Waals surface area contributed by atoms with E-state index in [0.717, 1.165) is 75.6 Å². The van der Waals surface area contributed by atoms with E-state index in [0.29, 0.717) is 0 Å². The first kappa shape index (κ1) is 73.1. The zero-order valence-electron chi connectivity index (χ0n) is 54.9. The number of nitrogens with zero attached hydrogens (tertiary/aromatic N) is 2.